The first-order valence-corrected chi connectivity index (χ1v) is 2.15. The molecule has 0 aliphatic carbocycles. The highest BCUT2D eigenvalue weighted by Gasteiger charge is 2.36. The van der Waals surface area contributed by atoms with E-state index >= 15 is 0 Å². The van der Waals surface area contributed by atoms with Crippen molar-refractivity contribution in [3.8, 4) is 0 Å². The molecule has 0 atom stereocenters. The Morgan fingerprint density at radius 3 is 2.57 bits per heavy atom. The normalized spacial score (nSPS) is 31.4. The maximum Gasteiger partial charge on any atom is 0.163 e. The zero-order valence-electron chi connectivity index (χ0n) is 4.82. The van der Waals surface area contributed by atoms with Gasteiger partial charge in [-0.05, 0) is 0 Å². The second-order valence-corrected chi connectivity index (χ2v) is 1.82. The lowest BCUT2D eigenvalue weighted by Crippen LogP contribution is -2.57. The summed E-state index contributed by atoms with van der Waals surface area (Å²) >= 11 is 0. The SMILES string of the molecule is [2H]N1CC(F)(CF)C1. The molecule has 0 amide bonds. The molecule has 1 fully saturated rings. The molecule has 7 heavy (non-hydrogen) atoms. The van der Waals surface area contributed by atoms with E-state index in [9.17, 15) is 8.78 Å². The Kier molecular flexibility index (Phi) is 0.757. The zero-order valence-corrected chi connectivity index (χ0v) is 3.82. The molecule has 1 aliphatic rings. The van der Waals surface area contributed by atoms with Gasteiger partial charge in [-0.1, -0.05) is 0 Å². The molecule has 1 nitrogen and oxygen atoms in total. The molecule has 1 rings (SSSR count). The summed E-state index contributed by atoms with van der Waals surface area (Å²) in [7, 11) is 0. The summed E-state index contributed by atoms with van der Waals surface area (Å²) in [5, 5.41) is 1.000. The molecule has 0 radical (unpaired) electrons. The molecule has 0 aromatic carbocycles. The van der Waals surface area contributed by atoms with Crippen molar-refractivity contribution in [3.63, 3.8) is 0 Å². The second kappa shape index (κ2) is 1.40. The Bertz CT molecular complexity index is 92.0. The third kappa shape index (κ3) is 0.725. The lowest BCUT2D eigenvalue weighted by molar-refractivity contribution is 0.0602. The molecular formula is C4H7F2N. The summed E-state index contributed by atoms with van der Waals surface area (Å²) in [4.78, 5) is 0. The number of alkyl halides is 2. The number of rotatable bonds is 1. The number of nitrogens with one attached hydrogen (secondary N) is 1. The van der Waals surface area contributed by atoms with Gasteiger partial charge in [0.2, 0.25) is 0 Å². The van der Waals surface area contributed by atoms with E-state index in [2.05, 4.69) is 0 Å². The average molecular weight is 108 g/mol. The molecule has 0 aromatic heterocycles. The Labute approximate surface area is 42.2 Å². The van der Waals surface area contributed by atoms with Crippen LogP contribution in [-0.2, 0) is 0 Å². The minimum absolute atomic E-state index is 0.0799. The molecule has 0 aromatic rings. The molecule has 0 saturated carbocycles. The van der Waals surface area contributed by atoms with Gasteiger partial charge in [-0.25, -0.2) is 8.78 Å². The second-order valence-electron chi connectivity index (χ2n) is 1.82. The van der Waals surface area contributed by atoms with Crippen molar-refractivity contribution >= 4 is 0 Å². The van der Waals surface area contributed by atoms with Gasteiger partial charge in [-0.2, -0.15) is 0 Å². The van der Waals surface area contributed by atoms with Crippen LogP contribution in [0.15, 0.2) is 0 Å². The maximum absolute atomic E-state index is 12.3. The summed E-state index contributed by atoms with van der Waals surface area (Å²) < 4.78 is 30.6. The molecule has 1 heterocycles. The smallest absolute Gasteiger partial charge is 0.163 e. The predicted molar refractivity (Wildman–Crippen MR) is 22.7 cm³/mol. The van der Waals surface area contributed by atoms with Gasteiger partial charge in [0.1, 0.15) is 8.09 Å². The van der Waals surface area contributed by atoms with Crippen molar-refractivity contribution in [2.45, 2.75) is 5.67 Å². The largest absolute Gasteiger partial charge is 0.310 e. The van der Waals surface area contributed by atoms with Gasteiger partial charge in [0.05, 0.1) is 0 Å². The van der Waals surface area contributed by atoms with Crippen LogP contribution in [0.2, 0.25) is 1.41 Å². The summed E-state index contributed by atoms with van der Waals surface area (Å²) in [6, 6.07) is 0. The molecule has 0 spiro atoms. The van der Waals surface area contributed by atoms with Crippen LogP contribution in [0.25, 0.3) is 0 Å². The Balaban J connectivity index is 2.30. The van der Waals surface area contributed by atoms with Crippen LogP contribution in [0, 0.1) is 0 Å². The highest BCUT2D eigenvalue weighted by Crippen LogP contribution is 2.15. The fourth-order valence-corrected chi connectivity index (χ4v) is 0.439. The lowest BCUT2D eigenvalue weighted by Gasteiger charge is -2.31. The van der Waals surface area contributed by atoms with Gasteiger partial charge in [0, 0.05) is 13.1 Å². The summed E-state index contributed by atoms with van der Waals surface area (Å²) in [5.41, 5.74) is -1.69. The predicted octanol–water partition coefficient (Wildman–Crippen LogP) is 0.267. The first-order valence-electron chi connectivity index (χ1n) is 2.60. The molecule has 0 unspecified atom stereocenters. The van der Waals surface area contributed by atoms with E-state index in [-0.39, 0.29) is 13.1 Å². The minimum Gasteiger partial charge on any atom is -0.310 e. The quantitative estimate of drug-likeness (QED) is 0.508. The number of hydrogen-bond acceptors (Lipinski definition) is 1. The van der Waals surface area contributed by atoms with E-state index in [0.29, 0.717) is 0 Å². The average Bonchev–Trinajstić information content (AvgIpc) is 1.63. The van der Waals surface area contributed by atoms with Gasteiger partial charge in [0.15, 0.2) is 5.67 Å². The van der Waals surface area contributed by atoms with Crippen molar-refractivity contribution in [1.82, 2.24) is 5.31 Å². The van der Waals surface area contributed by atoms with E-state index in [1.165, 1.54) is 0 Å². The first kappa shape index (κ1) is 3.78. The molecule has 1 aliphatic heterocycles. The van der Waals surface area contributed by atoms with Crippen LogP contribution in [0.4, 0.5) is 8.78 Å². The minimum atomic E-state index is -1.69. The van der Waals surface area contributed by atoms with E-state index in [1.54, 1.807) is 0 Å². The molecule has 1 saturated heterocycles. The molecule has 42 valence electrons. The lowest BCUT2D eigenvalue weighted by atomic mass is 10.0. The van der Waals surface area contributed by atoms with E-state index in [4.69, 9.17) is 1.41 Å². The van der Waals surface area contributed by atoms with Crippen molar-refractivity contribution in [1.29, 1.82) is 0 Å². The highest BCUT2D eigenvalue weighted by atomic mass is 19.2. The highest BCUT2D eigenvalue weighted by molar-refractivity contribution is 4.92. The first-order chi connectivity index (χ1) is 3.66. The summed E-state index contributed by atoms with van der Waals surface area (Å²) in [5.74, 6) is 0. The van der Waals surface area contributed by atoms with Crippen LogP contribution in [0.1, 0.15) is 0 Å². The number of halogens is 2. The Hall–Kier alpha value is -0.180. The fraction of sp³-hybridized carbons (Fsp3) is 1.00. The van der Waals surface area contributed by atoms with Crippen LogP contribution in [-0.4, -0.2) is 25.4 Å². The summed E-state index contributed by atoms with van der Waals surface area (Å²) in [6.07, 6.45) is 0. The van der Waals surface area contributed by atoms with Gasteiger partial charge >= 0.3 is 0 Å². The Morgan fingerprint density at radius 1 is 1.86 bits per heavy atom. The topological polar surface area (TPSA) is 12.0 Å². The molecular weight excluding hydrogens is 100 g/mol. The molecule has 1 N–H and O–H groups in total. The van der Waals surface area contributed by atoms with Crippen LogP contribution in [0.5, 0.6) is 0 Å². The molecule has 0 bridgehead atoms. The van der Waals surface area contributed by atoms with Gasteiger partial charge in [-0.3, -0.25) is 0 Å². The van der Waals surface area contributed by atoms with Crippen molar-refractivity contribution in [2.75, 3.05) is 19.8 Å². The van der Waals surface area contributed by atoms with Crippen molar-refractivity contribution < 1.29 is 10.2 Å². The Morgan fingerprint density at radius 2 is 2.43 bits per heavy atom. The standard InChI is InChI=1S/C4H7F2N/c5-1-4(6)2-7-3-4/h7H,1-3H2/i/hD. The van der Waals surface area contributed by atoms with Crippen molar-refractivity contribution in [3.05, 3.63) is 0 Å². The summed E-state index contributed by atoms with van der Waals surface area (Å²) in [6.45, 7) is -1.12. The van der Waals surface area contributed by atoms with E-state index < -0.39 is 12.3 Å². The third-order valence-electron chi connectivity index (χ3n) is 1.03. The van der Waals surface area contributed by atoms with E-state index in [1.807, 2.05) is 0 Å². The maximum atomic E-state index is 12.3. The van der Waals surface area contributed by atoms with Crippen LogP contribution < -0.4 is 5.31 Å². The van der Waals surface area contributed by atoms with Gasteiger partial charge < -0.3 is 5.31 Å². The monoisotopic (exact) mass is 108 g/mol. The molecule has 3 heteroatoms. The van der Waals surface area contributed by atoms with E-state index in [0.717, 1.165) is 5.31 Å². The van der Waals surface area contributed by atoms with Crippen LogP contribution in [0.3, 0.4) is 0 Å². The number of hydrogen-bond donors (Lipinski definition) is 1. The van der Waals surface area contributed by atoms with Gasteiger partial charge in [-0.15, -0.1) is 0 Å². The third-order valence-corrected chi connectivity index (χ3v) is 1.03. The van der Waals surface area contributed by atoms with Crippen molar-refractivity contribution in [2.24, 2.45) is 0 Å². The fourth-order valence-electron chi connectivity index (χ4n) is 0.439. The van der Waals surface area contributed by atoms with Gasteiger partial charge in [0.25, 0.3) is 0 Å². The van der Waals surface area contributed by atoms with Crippen LogP contribution >= 0.6 is 0 Å². The zero-order chi connectivity index (χ0) is 6.20.